The molecule has 0 fully saturated rings. The lowest BCUT2D eigenvalue weighted by Crippen LogP contribution is -2.18. The van der Waals surface area contributed by atoms with Crippen LogP contribution in [0.15, 0.2) is 58.9 Å². The van der Waals surface area contributed by atoms with E-state index in [1.807, 2.05) is 12.1 Å². The van der Waals surface area contributed by atoms with E-state index in [9.17, 15) is 5.11 Å². The molecule has 0 bridgehead atoms. The van der Waals surface area contributed by atoms with E-state index >= 15 is 0 Å². The zero-order valence-electron chi connectivity index (χ0n) is 15.9. The van der Waals surface area contributed by atoms with Crippen molar-refractivity contribution in [3.05, 3.63) is 69.8 Å². The van der Waals surface area contributed by atoms with Crippen LogP contribution in [0.2, 0.25) is 0 Å². The van der Waals surface area contributed by atoms with Gasteiger partial charge in [-0.15, -0.1) is 11.3 Å². The molecule has 1 N–H and O–H groups in total. The summed E-state index contributed by atoms with van der Waals surface area (Å²) in [5, 5.41) is 11.7. The van der Waals surface area contributed by atoms with E-state index in [4.69, 9.17) is 4.99 Å². The van der Waals surface area contributed by atoms with Crippen LogP contribution in [0.5, 0.6) is 0 Å². The van der Waals surface area contributed by atoms with Crippen LogP contribution in [-0.4, -0.2) is 16.3 Å². The third kappa shape index (κ3) is 4.14. The summed E-state index contributed by atoms with van der Waals surface area (Å²) < 4.78 is 2.10. The fraction of sp³-hybridized carbons (Fsp3) is 0.318. The molecule has 0 spiro atoms. The van der Waals surface area contributed by atoms with Crippen molar-refractivity contribution in [2.24, 2.45) is 4.99 Å². The average molecular weight is 367 g/mol. The summed E-state index contributed by atoms with van der Waals surface area (Å²) in [6, 6.07) is 16.9. The molecule has 0 saturated heterocycles. The van der Waals surface area contributed by atoms with E-state index in [1.165, 1.54) is 11.1 Å². The average Bonchev–Trinajstić information content (AvgIpc) is 2.97. The Morgan fingerprint density at radius 1 is 1.08 bits per heavy atom. The maximum Gasteiger partial charge on any atom is 0.190 e. The second-order valence-electron chi connectivity index (χ2n) is 7.56. The van der Waals surface area contributed by atoms with E-state index < -0.39 is 0 Å². The van der Waals surface area contributed by atoms with E-state index in [2.05, 4.69) is 74.0 Å². The Hall–Kier alpha value is -2.17. The minimum Gasteiger partial charge on any atom is -0.395 e. The first-order valence-electron chi connectivity index (χ1n) is 8.90. The van der Waals surface area contributed by atoms with Gasteiger partial charge in [-0.1, -0.05) is 57.2 Å². The van der Waals surface area contributed by atoms with Crippen LogP contribution in [0.3, 0.4) is 0 Å². The number of rotatable bonds is 4. The molecule has 2 aromatic carbocycles. The molecule has 0 amide bonds. The molecule has 1 aromatic heterocycles. The summed E-state index contributed by atoms with van der Waals surface area (Å²) in [5.41, 5.74) is 5.82. The largest absolute Gasteiger partial charge is 0.395 e. The molecule has 0 aliphatic heterocycles. The number of aliphatic hydroxyl groups is 1. The van der Waals surface area contributed by atoms with Crippen molar-refractivity contribution in [2.75, 3.05) is 6.61 Å². The molecule has 4 heteroatoms. The Labute approximate surface area is 159 Å². The fourth-order valence-corrected chi connectivity index (χ4v) is 3.87. The maximum absolute atomic E-state index is 9.54. The van der Waals surface area contributed by atoms with Gasteiger partial charge in [-0.3, -0.25) is 0 Å². The van der Waals surface area contributed by atoms with Crippen LogP contribution in [0.4, 0.5) is 5.69 Å². The highest BCUT2D eigenvalue weighted by Gasteiger charge is 2.14. The molecule has 3 nitrogen and oxygen atoms in total. The number of hydrogen-bond acceptors (Lipinski definition) is 3. The molecule has 0 atom stereocenters. The SMILES string of the molecule is Cc1cccc(N=c2scc(-c3ccc(C(C)(C)C)cc3)n2CCO)c1. The topological polar surface area (TPSA) is 37.5 Å². The van der Waals surface area contributed by atoms with Crippen LogP contribution in [0.25, 0.3) is 11.3 Å². The molecule has 3 aromatic rings. The van der Waals surface area contributed by atoms with Crippen molar-refractivity contribution < 1.29 is 5.11 Å². The minimum atomic E-state index is 0.0881. The van der Waals surface area contributed by atoms with E-state index in [0.717, 1.165) is 21.7 Å². The molecule has 0 radical (unpaired) electrons. The summed E-state index contributed by atoms with van der Waals surface area (Å²) in [7, 11) is 0. The number of benzene rings is 2. The van der Waals surface area contributed by atoms with Crippen LogP contribution >= 0.6 is 11.3 Å². The van der Waals surface area contributed by atoms with Crippen molar-refractivity contribution in [3.63, 3.8) is 0 Å². The number of aliphatic hydroxyl groups excluding tert-OH is 1. The Balaban J connectivity index is 2.05. The summed E-state index contributed by atoms with van der Waals surface area (Å²) in [6.45, 7) is 9.35. The van der Waals surface area contributed by atoms with Gasteiger partial charge in [0.1, 0.15) is 0 Å². The van der Waals surface area contributed by atoms with Gasteiger partial charge in [-0.05, 0) is 41.2 Å². The van der Waals surface area contributed by atoms with Gasteiger partial charge in [-0.25, -0.2) is 4.99 Å². The fourth-order valence-electron chi connectivity index (χ4n) is 2.91. The summed E-state index contributed by atoms with van der Waals surface area (Å²) in [4.78, 5) is 5.70. The molecular formula is C22H26N2OS. The van der Waals surface area contributed by atoms with Gasteiger partial charge < -0.3 is 9.67 Å². The molecule has 136 valence electrons. The molecular weight excluding hydrogens is 340 g/mol. The van der Waals surface area contributed by atoms with E-state index in [1.54, 1.807) is 11.3 Å². The van der Waals surface area contributed by atoms with Crippen molar-refractivity contribution >= 4 is 17.0 Å². The maximum atomic E-state index is 9.54. The lowest BCUT2D eigenvalue weighted by Gasteiger charge is -2.19. The first-order chi connectivity index (χ1) is 12.4. The molecule has 1 heterocycles. The molecule has 0 aliphatic carbocycles. The third-order valence-electron chi connectivity index (χ3n) is 4.39. The molecule has 0 aliphatic rings. The van der Waals surface area contributed by atoms with Crippen molar-refractivity contribution in [1.82, 2.24) is 4.57 Å². The van der Waals surface area contributed by atoms with E-state index in [0.29, 0.717) is 6.54 Å². The minimum absolute atomic E-state index is 0.0881. The summed E-state index contributed by atoms with van der Waals surface area (Å²) in [6.07, 6.45) is 0. The van der Waals surface area contributed by atoms with Crippen LogP contribution < -0.4 is 4.80 Å². The number of aryl methyl sites for hydroxylation is 1. The highest BCUT2D eigenvalue weighted by atomic mass is 32.1. The molecule has 3 rings (SSSR count). The van der Waals surface area contributed by atoms with Gasteiger partial charge in [0, 0.05) is 11.9 Å². The van der Waals surface area contributed by atoms with Crippen molar-refractivity contribution in [3.8, 4) is 11.3 Å². The molecule has 0 saturated carbocycles. The Morgan fingerprint density at radius 3 is 2.42 bits per heavy atom. The lowest BCUT2D eigenvalue weighted by atomic mass is 9.86. The monoisotopic (exact) mass is 366 g/mol. The second-order valence-corrected chi connectivity index (χ2v) is 8.39. The van der Waals surface area contributed by atoms with Gasteiger partial charge in [0.2, 0.25) is 0 Å². The van der Waals surface area contributed by atoms with Crippen molar-refractivity contribution in [2.45, 2.75) is 39.7 Å². The zero-order valence-corrected chi connectivity index (χ0v) is 16.7. The predicted octanol–water partition coefficient (Wildman–Crippen LogP) is 5.05. The number of aromatic nitrogens is 1. The predicted molar refractivity (Wildman–Crippen MR) is 110 cm³/mol. The highest BCUT2D eigenvalue weighted by Crippen LogP contribution is 2.26. The first-order valence-corrected chi connectivity index (χ1v) is 9.78. The van der Waals surface area contributed by atoms with Gasteiger partial charge >= 0.3 is 0 Å². The Kier molecular flexibility index (Phi) is 5.44. The Bertz CT molecular complexity index is 943. The van der Waals surface area contributed by atoms with Gasteiger partial charge in [-0.2, -0.15) is 0 Å². The summed E-state index contributed by atoms with van der Waals surface area (Å²) in [5.74, 6) is 0. The standard InChI is InChI=1S/C22H26N2OS/c1-16-6-5-7-19(14-16)23-21-24(12-13-25)20(15-26-21)17-8-10-18(11-9-17)22(2,3)4/h5-11,14-15,25H,12-13H2,1-4H3. The van der Waals surface area contributed by atoms with Crippen LogP contribution in [-0.2, 0) is 12.0 Å². The molecule has 26 heavy (non-hydrogen) atoms. The number of thiazole rings is 1. The van der Waals surface area contributed by atoms with Crippen LogP contribution in [0.1, 0.15) is 31.9 Å². The Morgan fingerprint density at radius 2 is 1.81 bits per heavy atom. The van der Waals surface area contributed by atoms with E-state index in [-0.39, 0.29) is 12.0 Å². The van der Waals surface area contributed by atoms with Crippen molar-refractivity contribution in [1.29, 1.82) is 0 Å². The number of nitrogens with zero attached hydrogens (tertiary/aromatic N) is 2. The second kappa shape index (κ2) is 7.60. The lowest BCUT2D eigenvalue weighted by molar-refractivity contribution is 0.275. The van der Waals surface area contributed by atoms with Gasteiger partial charge in [0.25, 0.3) is 0 Å². The zero-order chi connectivity index (χ0) is 18.7. The summed E-state index contributed by atoms with van der Waals surface area (Å²) >= 11 is 1.61. The van der Waals surface area contributed by atoms with Gasteiger partial charge in [0.05, 0.1) is 18.0 Å². The first kappa shape index (κ1) is 18.6. The number of hydrogen-bond donors (Lipinski definition) is 1. The quantitative estimate of drug-likeness (QED) is 0.689. The van der Waals surface area contributed by atoms with Crippen LogP contribution in [0, 0.1) is 6.92 Å². The van der Waals surface area contributed by atoms with Gasteiger partial charge in [0.15, 0.2) is 4.80 Å². The third-order valence-corrected chi connectivity index (χ3v) is 5.26. The normalized spacial score (nSPS) is 12.6. The smallest absolute Gasteiger partial charge is 0.190 e. The highest BCUT2D eigenvalue weighted by molar-refractivity contribution is 7.07. The molecule has 0 unspecified atom stereocenters.